The molecule has 0 aromatic rings. The van der Waals surface area contributed by atoms with Crippen LogP contribution in [0.4, 0.5) is 0 Å². The third-order valence-electron chi connectivity index (χ3n) is 4.42. The van der Waals surface area contributed by atoms with Gasteiger partial charge in [0.25, 0.3) is 10.2 Å². The van der Waals surface area contributed by atoms with Gasteiger partial charge < -0.3 is 5.32 Å². The van der Waals surface area contributed by atoms with E-state index in [0.717, 1.165) is 32.5 Å². The van der Waals surface area contributed by atoms with Crippen LogP contribution in [0.2, 0.25) is 0 Å². The first-order valence-electron chi connectivity index (χ1n) is 8.03. The van der Waals surface area contributed by atoms with E-state index in [0.29, 0.717) is 31.5 Å². The van der Waals surface area contributed by atoms with Gasteiger partial charge in [0.1, 0.15) is 0 Å². The minimum absolute atomic E-state index is 0.593. The summed E-state index contributed by atoms with van der Waals surface area (Å²) < 4.78 is 28.6. The van der Waals surface area contributed by atoms with E-state index >= 15 is 0 Å². The highest BCUT2D eigenvalue weighted by Gasteiger charge is 2.35. The smallest absolute Gasteiger partial charge is 0.281 e. The SMILES string of the molecule is CCNCC1CCN(S(=O)(=O)N(CC)CC2CC2)CC1. The second-order valence-corrected chi connectivity index (χ2v) is 7.98. The summed E-state index contributed by atoms with van der Waals surface area (Å²) in [5.74, 6) is 1.23. The van der Waals surface area contributed by atoms with E-state index in [4.69, 9.17) is 0 Å². The van der Waals surface area contributed by atoms with E-state index < -0.39 is 10.2 Å². The monoisotopic (exact) mass is 303 g/mol. The molecule has 0 spiro atoms. The topological polar surface area (TPSA) is 52.7 Å². The average Bonchev–Trinajstić information content (AvgIpc) is 3.26. The molecule has 2 aliphatic rings. The Kier molecular flexibility index (Phi) is 5.84. The summed E-state index contributed by atoms with van der Waals surface area (Å²) in [5.41, 5.74) is 0. The van der Waals surface area contributed by atoms with E-state index in [2.05, 4.69) is 12.2 Å². The van der Waals surface area contributed by atoms with Crippen LogP contribution in [0.1, 0.15) is 39.5 Å². The van der Waals surface area contributed by atoms with E-state index in [9.17, 15) is 8.42 Å². The molecular weight excluding hydrogens is 274 g/mol. The molecule has 0 aromatic heterocycles. The van der Waals surface area contributed by atoms with Gasteiger partial charge in [-0.3, -0.25) is 0 Å². The van der Waals surface area contributed by atoms with Gasteiger partial charge in [-0.05, 0) is 50.6 Å². The number of rotatable bonds is 8. The third-order valence-corrected chi connectivity index (χ3v) is 6.50. The van der Waals surface area contributed by atoms with Crippen LogP contribution in [-0.4, -0.2) is 56.3 Å². The van der Waals surface area contributed by atoms with Gasteiger partial charge in [0.05, 0.1) is 0 Å². The molecule has 2 fully saturated rings. The molecule has 0 amide bonds. The van der Waals surface area contributed by atoms with Crippen molar-refractivity contribution in [2.45, 2.75) is 39.5 Å². The van der Waals surface area contributed by atoms with Crippen molar-refractivity contribution in [3.8, 4) is 0 Å². The minimum Gasteiger partial charge on any atom is -0.317 e. The van der Waals surface area contributed by atoms with Gasteiger partial charge in [0, 0.05) is 26.2 Å². The molecule has 1 heterocycles. The Morgan fingerprint density at radius 2 is 1.75 bits per heavy atom. The van der Waals surface area contributed by atoms with Crippen molar-refractivity contribution in [1.82, 2.24) is 13.9 Å². The summed E-state index contributed by atoms with van der Waals surface area (Å²) in [5, 5.41) is 3.36. The first-order valence-corrected chi connectivity index (χ1v) is 9.43. The maximum absolute atomic E-state index is 12.6. The Bertz CT molecular complexity index is 387. The average molecular weight is 303 g/mol. The molecular formula is C14H29N3O2S. The predicted molar refractivity (Wildman–Crippen MR) is 81.7 cm³/mol. The number of piperidine rings is 1. The van der Waals surface area contributed by atoms with Gasteiger partial charge in [0.15, 0.2) is 0 Å². The maximum atomic E-state index is 12.6. The zero-order chi connectivity index (χ0) is 14.6. The molecule has 0 radical (unpaired) electrons. The van der Waals surface area contributed by atoms with Crippen LogP contribution in [0.25, 0.3) is 0 Å². The van der Waals surface area contributed by atoms with Crippen molar-refractivity contribution in [3.05, 3.63) is 0 Å². The van der Waals surface area contributed by atoms with Gasteiger partial charge in [-0.1, -0.05) is 13.8 Å². The van der Waals surface area contributed by atoms with Crippen LogP contribution in [0.5, 0.6) is 0 Å². The summed E-state index contributed by atoms with van der Waals surface area (Å²) in [6.45, 7) is 8.73. The highest BCUT2D eigenvalue weighted by molar-refractivity contribution is 7.86. The van der Waals surface area contributed by atoms with Crippen LogP contribution >= 0.6 is 0 Å². The van der Waals surface area contributed by atoms with Gasteiger partial charge >= 0.3 is 0 Å². The quantitative estimate of drug-likeness (QED) is 0.735. The third kappa shape index (κ3) is 4.16. The Labute approximate surface area is 123 Å². The van der Waals surface area contributed by atoms with Gasteiger partial charge in [-0.25, -0.2) is 0 Å². The first-order chi connectivity index (χ1) is 9.57. The fourth-order valence-corrected chi connectivity index (χ4v) is 4.56. The van der Waals surface area contributed by atoms with Crippen LogP contribution in [0.3, 0.4) is 0 Å². The second-order valence-electron chi connectivity index (χ2n) is 6.05. The normalized spacial score (nSPS) is 22.6. The molecule has 1 saturated carbocycles. The Balaban J connectivity index is 1.86. The highest BCUT2D eigenvalue weighted by Crippen LogP contribution is 2.31. The number of hydrogen-bond donors (Lipinski definition) is 1. The van der Waals surface area contributed by atoms with Crippen LogP contribution in [-0.2, 0) is 10.2 Å². The lowest BCUT2D eigenvalue weighted by Gasteiger charge is -2.34. The Morgan fingerprint density at radius 3 is 2.25 bits per heavy atom. The van der Waals surface area contributed by atoms with E-state index in [-0.39, 0.29) is 0 Å². The fourth-order valence-electron chi connectivity index (χ4n) is 2.83. The van der Waals surface area contributed by atoms with Gasteiger partial charge in [0.2, 0.25) is 0 Å². The van der Waals surface area contributed by atoms with Crippen LogP contribution in [0, 0.1) is 11.8 Å². The lowest BCUT2D eigenvalue weighted by molar-refractivity contribution is 0.249. The zero-order valence-corrected chi connectivity index (χ0v) is 13.7. The van der Waals surface area contributed by atoms with Crippen LogP contribution < -0.4 is 5.32 Å². The van der Waals surface area contributed by atoms with E-state index in [1.807, 2.05) is 6.92 Å². The molecule has 1 N–H and O–H groups in total. The number of nitrogens with one attached hydrogen (secondary N) is 1. The molecule has 118 valence electrons. The molecule has 6 heteroatoms. The van der Waals surface area contributed by atoms with Gasteiger partial charge in [-0.15, -0.1) is 0 Å². The standard InChI is InChI=1S/C14H29N3O2S/c1-3-15-11-13-7-9-17(10-8-13)20(18,19)16(4-2)12-14-5-6-14/h13-15H,3-12H2,1-2H3. The van der Waals surface area contributed by atoms with Crippen molar-refractivity contribution in [1.29, 1.82) is 0 Å². The van der Waals surface area contributed by atoms with Crippen molar-refractivity contribution >= 4 is 10.2 Å². The summed E-state index contributed by atoms with van der Waals surface area (Å²) in [6.07, 6.45) is 4.34. The number of hydrogen-bond acceptors (Lipinski definition) is 3. The lowest BCUT2D eigenvalue weighted by atomic mass is 9.98. The largest absolute Gasteiger partial charge is 0.317 e. The Morgan fingerprint density at radius 1 is 1.10 bits per heavy atom. The summed E-state index contributed by atoms with van der Waals surface area (Å²) >= 11 is 0. The summed E-state index contributed by atoms with van der Waals surface area (Å²) in [7, 11) is -3.23. The number of nitrogens with zero attached hydrogens (tertiary/aromatic N) is 2. The molecule has 0 aromatic carbocycles. The van der Waals surface area contributed by atoms with E-state index in [1.165, 1.54) is 12.8 Å². The molecule has 1 aliphatic carbocycles. The van der Waals surface area contributed by atoms with Crippen molar-refractivity contribution < 1.29 is 8.42 Å². The molecule has 20 heavy (non-hydrogen) atoms. The molecule has 0 atom stereocenters. The molecule has 1 saturated heterocycles. The summed E-state index contributed by atoms with van der Waals surface area (Å²) in [6, 6.07) is 0. The Hall–Kier alpha value is -0.170. The molecule has 1 aliphatic heterocycles. The molecule has 2 rings (SSSR count). The zero-order valence-electron chi connectivity index (χ0n) is 12.8. The van der Waals surface area contributed by atoms with E-state index in [1.54, 1.807) is 8.61 Å². The first kappa shape index (κ1) is 16.2. The van der Waals surface area contributed by atoms with Crippen molar-refractivity contribution in [3.63, 3.8) is 0 Å². The van der Waals surface area contributed by atoms with Crippen LogP contribution in [0.15, 0.2) is 0 Å². The predicted octanol–water partition coefficient (Wildman–Crippen LogP) is 1.28. The van der Waals surface area contributed by atoms with Crippen molar-refractivity contribution in [2.75, 3.05) is 39.3 Å². The fraction of sp³-hybridized carbons (Fsp3) is 1.00. The maximum Gasteiger partial charge on any atom is 0.281 e. The summed E-state index contributed by atoms with van der Waals surface area (Å²) in [4.78, 5) is 0. The lowest BCUT2D eigenvalue weighted by Crippen LogP contribution is -2.48. The molecule has 0 bridgehead atoms. The second kappa shape index (κ2) is 7.20. The van der Waals surface area contributed by atoms with Gasteiger partial charge in [-0.2, -0.15) is 17.0 Å². The molecule has 0 unspecified atom stereocenters. The van der Waals surface area contributed by atoms with Crippen molar-refractivity contribution in [2.24, 2.45) is 11.8 Å². The highest BCUT2D eigenvalue weighted by atomic mass is 32.2. The molecule has 5 nitrogen and oxygen atoms in total. The minimum atomic E-state index is -3.23.